The van der Waals surface area contributed by atoms with Gasteiger partial charge < -0.3 is 15.5 Å². The van der Waals surface area contributed by atoms with Crippen LogP contribution in [0.1, 0.15) is 79.8 Å². The van der Waals surface area contributed by atoms with E-state index in [9.17, 15) is 9.59 Å². The maximum absolute atomic E-state index is 13.9. The monoisotopic (exact) mass is 563 g/mol. The number of nitrogens with zero attached hydrogens (tertiary/aromatic N) is 3. The Labute approximate surface area is 248 Å². The van der Waals surface area contributed by atoms with Crippen molar-refractivity contribution in [3.63, 3.8) is 0 Å². The van der Waals surface area contributed by atoms with Crippen molar-refractivity contribution in [1.29, 1.82) is 0 Å². The third-order valence-electron chi connectivity index (χ3n) is 9.05. The Balaban J connectivity index is 1.27. The van der Waals surface area contributed by atoms with Crippen molar-refractivity contribution >= 4 is 34.4 Å². The molecule has 0 bridgehead atoms. The first-order chi connectivity index (χ1) is 20.1. The zero-order valence-electron chi connectivity index (χ0n) is 25.8. The number of carbonyl (C=O) groups excluding carboxylic acids is 2. The van der Waals surface area contributed by atoms with Crippen molar-refractivity contribution in [2.24, 2.45) is 0 Å². The molecule has 42 heavy (non-hydrogen) atoms. The number of ketones is 1. The Morgan fingerprint density at radius 3 is 1.90 bits per heavy atom. The summed E-state index contributed by atoms with van der Waals surface area (Å²) in [5.74, 6) is 1.23. The topological polar surface area (TPSA) is 87.2 Å². The highest BCUT2D eigenvalue weighted by atomic mass is 16.2. The fraction of sp³-hybridized carbons (Fsp3) is 0.371. The number of fused-ring (bicyclic) bond motifs is 1. The molecular formula is C35H41N5O2. The van der Waals surface area contributed by atoms with E-state index in [2.05, 4.69) is 31.4 Å². The molecule has 7 heteroatoms. The van der Waals surface area contributed by atoms with Crippen LogP contribution in [-0.4, -0.2) is 47.8 Å². The second kappa shape index (κ2) is 11.9. The zero-order valence-corrected chi connectivity index (χ0v) is 25.8. The Morgan fingerprint density at radius 1 is 0.714 bits per heavy atom. The number of benzene rings is 3. The number of para-hydroxylation sites is 1. The molecule has 3 aromatic carbocycles. The largest absolute Gasteiger partial charge is 0.362 e. The van der Waals surface area contributed by atoms with E-state index in [0.717, 1.165) is 64.7 Å². The van der Waals surface area contributed by atoms with E-state index in [1.54, 1.807) is 12.1 Å². The molecule has 0 unspecified atom stereocenters. The van der Waals surface area contributed by atoms with Crippen LogP contribution in [0.4, 0.5) is 11.8 Å². The van der Waals surface area contributed by atoms with Crippen LogP contribution in [0.25, 0.3) is 10.9 Å². The molecule has 1 aliphatic carbocycles. The van der Waals surface area contributed by atoms with Gasteiger partial charge in [-0.3, -0.25) is 9.59 Å². The highest BCUT2D eigenvalue weighted by Crippen LogP contribution is 2.30. The van der Waals surface area contributed by atoms with Crippen molar-refractivity contribution < 1.29 is 9.59 Å². The minimum absolute atomic E-state index is 0.0425. The summed E-state index contributed by atoms with van der Waals surface area (Å²) < 4.78 is 0. The normalized spacial score (nSPS) is 16.7. The summed E-state index contributed by atoms with van der Waals surface area (Å²) in [5, 5.41) is 7.78. The van der Waals surface area contributed by atoms with Gasteiger partial charge in [0.2, 0.25) is 5.95 Å². The first kappa shape index (κ1) is 29.2. The molecule has 0 saturated heterocycles. The Kier molecular flexibility index (Phi) is 8.30. The van der Waals surface area contributed by atoms with E-state index in [-0.39, 0.29) is 23.8 Å². The Bertz CT molecular complexity index is 1640. The number of carbonyl (C=O) groups is 2. The van der Waals surface area contributed by atoms with Gasteiger partial charge in [-0.05, 0) is 106 Å². The van der Waals surface area contributed by atoms with Gasteiger partial charge in [0.15, 0.2) is 5.78 Å². The van der Waals surface area contributed by atoms with Crippen molar-refractivity contribution in [3.8, 4) is 0 Å². The SMILES string of the molecule is Cc1c(C)c(C)c(C(=O)c2ccccc2C(=O)NC2CCC(Nc3nc(N(C)C)c4ccccc4n3)CC2)c(C)c1C. The van der Waals surface area contributed by atoms with Gasteiger partial charge in [0.25, 0.3) is 5.91 Å². The maximum atomic E-state index is 13.9. The maximum Gasteiger partial charge on any atom is 0.252 e. The third kappa shape index (κ3) is 5.60. The lowest BCUT2D eigenvalue weighted by molar-refractivity contribution is 0.0917. The van der Waals surface area contributed by atoms with Gasteiger partial charge in [-0.2, -0.15) is 4.98 Å². The number of anilines is 2. The van der Waals surface area contributed by atoms with Gasteiger partial charge in [-0.15, -0.1) is 0 Å². The van der Waals surface area contributed by atoms with E-state index in [0.29, 0.717) is 22.6 Å². The molecule has 2 N–H and O–H groups in total. The van der Waals surface area contributed by atoms with Gasteiger partial charge in [0.05, 0.1) is 11.1 Å². The highest BCUT2D eigenvalue weighted by Gasteiger charge is 2.27. The van der Waals surface area contributed by atoms with Crippen molar-refractivity contribution in [2.75, 3.05) is 24.3 Å². The molecule has 4 aromatic rings. The van der Waals surface area contributed by atoms with Crippen LogP contribution >= 0.6 is 0 Å². The summed E-state index contributed by atoms with van der Waals surface area (Å²) in [6.07, 6.45) is 3.45. The lowest BCUT2D eigenvalue weighted by Gasteiger charge is -2.30. The summed E-state index contributed by atoms with van der Waals surface area (Å²) in [4.78, 5) is 38.9. The molecule has 1 amide bonds. The second-order valence-electron chi connectivity index (χ2n) is 11.8. The smallest absolute Gasteiger partial charge is 0.252 e. The molecule has 1 aliphatic rings. The number of hydrogen-bond acceptors (Lipinski definition) is 6. The molecule has 7 nitrogen and oxygen atoms in total. The molecule has 0 radical (unpaired) electrons. The molecule has 0 aliphatic heterocycles. The minimum Gasteiger partial charge on any atom is -0.362 e. The lowest BCUT2D eigenvalue weighted by atomic mass is 9.85. The molecule has 1 fully saturated rings. The number of rotatable bonds is 7. The van der Waals surface area contributed by atoms with Crippen LogP contribution < -0.4 is 15.5 Å². The van der Waals surface area contributed by atoms with Gasteiger partial charge in [-0.25, -0.2) is 4.98 Å². The summed E-state index contributed by atoms with van der Waals surface area (Å²) >= 11 is 0. The van der Waals surface area contributed by atoms with Crippen molar-refractivity contribution in [3.05, 3.63) is 93.0 Å². The number of aromatic nitrogens is 2. The quantitative estimate of drug-likeness (QED) is 0.246. The van der Waals surface area contributed by atoms with Gasteiger partial charge >= 0.3 is 0 Å². The Hall–Kier alpha value is -4.26. The molecule has 0 atom stereocenters. The average molecular weight is 564 g/mol. The molecular weight excluding hydrogens is 522 g/mol. The zero-order chi connectivity index (χ0) is 30.1. The van der Waals surface area contributed by atoms with Crippen LogP contribution in [0.15, 0.2) is 48.5 Å². The van der Waals surface area contributed by atoms with Crippen LogP contribution in [0.3, 0.4) is 0 Å². The van der Waals surface area contributed by atoms with Gasteiger partial charge in [-0.1, -0.05) is 30.3 Å². The third-order valence-corrected chi connectivity index (χ3v) is 9.05. The first-order valence-electron chi connectivity index (χ1n) is 14.8. The van der Waals surface area contributed by atoms with Crippen LogP contribution in [0, 0.1) is 34.6 Å². The van der Waals surface area contributed by atoms with E-state index >= 15 is 0 Å². The molecule has 1 saturated carbocycles. The Morgan fingerprint density at radius 2 is 1.26 bits per heavy atom. The minimum atomic E-state index is -0.195. The molecule has 1 heterocycles. The van der Waals surface area contributed by atoms with Gasteiger partial charge in [0.1, 0.15) is 5.82 Å². The van der Waals surface area contributed by atoms with E-state index in [4.69, 9.17) is 9.97 Å². The number of nitrogens with one attached hydrogen (secondary N) is 2. The fourth-order valence-corrected chi connectivity index (χ4v) is 6.15. The summed E-state index contributed by atoms with van der Waals surface area (Å²) in [6.45, 7) is 10.2. The molecule has 5 rings (SSSR count). The van der Waals surface area contributed by atoms with Crippen LogP contribution in [-0.2, 0) is 0 Å². The molecule has 1 aromatic heterocycles. The van der Waals surface area contributed by atoms with E-state index < -0.39 is 0 Å². The van der Waals surface area contributed by atoms with E-state index in [1.807, 2.05) is 69.2 Å². The van der Waals surface area contributed by atoms with Crippen LogP contribution in [0.2, 0.25) is 0 Å². The average Bonchev–Trinajstić information content (AvgIpc) is 2.99. The van der Waals surface area contributed by atoms with E-state index in [1.165, 1.54) is 5.56 Å². The van der Waals surface area contributed by atoms with Crippen LogP contribution in [0.5, 0.6) is 0 Å². The molecule has 0 spiro atoms. The second-order valence-corrected chi connectivity index (χ2v) is 11.8. The summed E-state index contributed by atoms with van der Waals surface area (Å²) in [6, 6.07) is 15.5. The predicted octanol–water partition coefficient (Wildman–Crippen LogP) is 6.62. The lowest BCUT2D eigenvalue weighted by Crippen LogP contribution is -2.40. The van der Waals surface area contributed by atoms with Gasteiger partial charge in [0, 0.05) is 42.7 Å². The van der Waals surface area contributed by atoms with Crippen molar-refractivity contribution in [2.45, 2.75) is 72.4 Å². The number of hydrogen-bond donors (Lipinski definition) is 2. The first-order valence-corrected chi connectivity index (χ1v) is 14.8. The highest BCUT2D eigenvalue weighted by molar-refractivity contribution is 6.16. The molecule has 218 valence electrons. The number of amides is 1. The van der Waals surface area contributed by atoms with Crippen molar-refractivity contribution in [1.82, 2.24) is 15.3 Å². The standard InChI is InChI=1S/C35H41N5O2/c1-20-21(2)23(4)31(24(5)22(20)3)32(41)27-12-8-9-13-28(27)34(42)36-25-16-18-26(19-17-25)37-35-38-30-15-11-10-14-29(30)33(39-35)40(6)7/h8-15,25-26H,16-19H2,1-7H3,(H,36,42)(H,37,38,39). The summed E-state index contributed by atoms with van der Waals surface area (Å²) in [5.41, 5.74) is 7.92. The fourth-order valence-electron chi connectivity index (χ4n) is 6.15. The predicted molar refractivity (Wildman–Crippen MR) is 171 cm³/mol. The summed E-state index contributed by atoms with van der Waals surface area (Å²) in [7, 11) is 3.98.